The molecular weight excluding hydrogens is 282 g/mol. The monoisotopic (exact) mass is 309 g/mol. The average molecular weight is 310 g/mol. The van der Waals surface area contributed by atoms with Crippen molar-refractivity contribution in [2.24, 2.45) is 11.7 Å². The number of hydrogen-bond acceptors (Lipinski definition) is 3. The highest BCUT2D eigenvalue weighted by molar-refractivity contribution is 6.31. The van der Waals surface area contributed by atoms with Crippen molar-refractivity contribution in [3.63, 3.8) is 0 Å². The topological polar surface area (TPSA) is 32.5 Å². The first-order chi connectivity index (χ1) is 10.0. The summed E-state index contributed by atoms with van der Waals surface area (Å²) < 4.78 is 0. The molecule has 4 heteroatoms. The summed E-state index contributed by atoms with van der Waals surface area (Å²) in [5.74, 6) is 0.742. The lowest BCUT2D eigenvalue weighted by atomic mass is 10.0. The fraction of sp³-hybridized carbons (Fsp3) is 0.647. The van der Waals surface area contributed by atoms with Gasteiger partial charge >= 0.3 is 0 Å². The van der Waals surface area contributed by atoms with Crippen molar-refractivity contribution in [2.75, 3.05) is 38.6 Å². The Morgan fingerprint density at radius 3 is 2.86 bits per heavy atom. The average Bonchev–Trinajstić information content (AvgIpc) is 2.86. The molecule has 1 aliphatic heterocycles. The van der Waals surface area contributed by atoms with E-state index in [2.05, 4.69) is 36.9 Å². The van der Waals surface area contributed by atoms with E-state index in [1.807, 2.05) is 12.1 Å². The molecule has 0 aliphatic carbocycles. The molecule has 0 saturated carbocycles. The molecule has 0 amide bonds. The maximum atomic E-state index is 6.42. The van der Waals surface area contributed by atoms with Crippen LogP contribution in [0.5, 0.6) is 0 Å². The van der Waals surface area contributed by atoms with E-state index in [1.165, 1.54) is 30.8 Å². The van der Waals surface area contributed by atoms with E-state index in [0.29, 0.717) is 0 Å². The number of hydrogen-bond donors (Lipinski definition) is 1. The van der Waals surface area contributed by atoms with Crippen LogP contribution in [0, 0.1) is 5.92 Å². The lowest BCUT2D eigenvalue weighted by Gasteiger charge is -2.27. The number of likely N-dealkylation sites (tertiary alicyclic amines) is 1. The van der Waals surface area contributed by atoms with Gasteiger partial charge in [-0.05, 0) is 56.5 Å². The summed E-state index contributed by atoms with van der Waals surface area (Å²) in [5.41, 5.74) is 8.57. The molecule has 1 fully saturated rings. The first kappa shape index (κ1) is 16.6. The second-order valence-electron chi connectivity index (χ2n) is 6.41. The molecule has 2 atom stereocenters. The quantitative estimate of drug-likeness (QED) is 0.877. The molecule has 1 aliphatic rings. The van der Waals surface area contributed by atoms with Crippen molar-refractivity contribution in [1.82, 2.24) is 4.90 Å². The van der Waals surface area contributed by atoms with Crippen LogP contribution in [-0.2, 0) is 6.42 Å². The fourth-order valence-electron chi connectivity index (χ4n) is 3.17. The normalized spacial score (nSPS) is 20.7. The molecule has 2 N–H and O–H groups in total. The predicted molar refractivity (Wildman–Crippen MR) is 92.3 cm³/mol. The Balaban J connectivity index is 2.12. The minimum Gasteiger partial charge on any atom is -0.374 e. The standard InChI is InChI=1S/C17H28ClN3/c1-4-14(19)10-15-16(18)6-5-7-17(15)21(3)12-13-8-9-20(2)11-13/h5-7,13-14H,4,8-12,19H2,1-3H3. The molecule has 1 aromatic rings. The van der Waals surface area contributed by atoms with E-state index in [-0.39, 0.29) is 6.04 Å². The lowest BCUT2D eigenvalue weighted by molar-refractivity contribution is 0.396. The van der Waals surface area contributed by atoms with Gasteiger partial charge in [-0.1, -0.05) is 24.6 Å². The molecule has 0 spiro atoms. The minimum atomic E-state index is 0.176. The second-order valence-corrected chi connectivity index (χ2v) is 6.81. The van der Waals surface area contributed by atoms with Crippen LogP contribution in [0.15, 0.2) is 18.2 Å². The van der Waals surface area contributed by atoms with Gasteiger partial charge in [0.05, 0.1) is 0 Å². The minimum absolute atomic E-state index is 0.176. The summed E-state index contributed by atoms with van der Waals surface area (Å²) in [4.78, 5) is 4.76. The Morgan fingerprint density at radius 2 is 2.24 bits per heavy atom. The van der Waals surface area contributed by atoms with E-state index in [4.69, 9.17) is 17.3 Å². The van der Waals surface area contributed by atoms with Gasteiger partial charge in [0.15, 0.2) is 0 Å². The molecule has 0 bridgehead atoms. The number of nitrogens with zero attached hydrogens (tertiary/aromatic N) is 2. The first-order valence-electron chi connectivity index (χ1n) is 7.93. The summed E-state index contributed by atoms with van der Waals surface area (Å²) in [6.45, 7) is 5.61. The fourth-order valence-corrected chi connectivity index (χ4v) is 3.42. The lowest BCUT2D eigenvalue weighted by Crippen LogP contribution is -2.29. The van der Waals surface area contributed by atoms with Gasteiger partial charge < -0.3 is 15.5 Å². The third-order valence-electron chi connectivity index (χ3n) is 4.52. The molecule has 1 saturated heterocycles. The predicted octanol–water partition coefficient (Wildman–Crippen LogP) is 3.01. The van der Waals surface area contributed by atoms with Gasteiger partial charge in [0.1, 0.15) is 0 Å². The Kier molecular flexibility index (Phi) is 5.91. The van der Waals surface area contributed by atoms with Crippen LogP contribution in [0.25, 0.3) is 0 Å². The van der Waals surface area contributed by atoms with Crippen LogP contribution in [0.2, 0.25) is 5.02 Å². The van der Waals surface area contributed by atoms with Gasteiger partial charge in [-0.3, -0.25) is 0 Å². The zero-order chi connectivity index (χ0) is 15.4. The van der Waals surface area contributed by atoms with E-state index in [9.17, 15) is 0 Å². The van der Waals surface area contributed by atoms with Crippen molar-refractivity contribution in [2.45, 2.75) is 32.2 Å². The van der Waals surface area contributed by atoms with Gasteiger partial charge in [-0.2, -0.15) is 0 Å². The third-order valence-corrected chi connectivity index (χ3v) is 4.87. The van der Waals surface area contributed by atoms with Gasteiger partial charge in [0, 0.05) is 36.9 Å². The van der Waals surface area contributed by atoms with E-state index in [0.717, 1.165) is 30.3 Å². The SMILES string of the molecule is CCC(N)Cc1c(Cl)cccc1N(C)CC1CCN(C)C1. The zero-order valence-electron chi connectivity index (χ0n) is 13.5. The van der Waals surface area contributed by atoms with Crippen molar-refractivity contribution < 1.29 is 0 Å². The van der Waals surface area contributed by atoms with Crippen LogP contribution in [-0.4, -0.2) is 44.7 Å². The number of rotatable bonds is 6. The number of benzene rings is 1. The maximum absolute atomic E-state index is 6.42. The van der Waals surface area contributed by atoms with Crippen molar-refractivity contribution in [1.29, 1.82) is 0 Å². The summed E-state index contributed by atoms with van der Waals surface area (Å²) >= 11 is 6.42. The highest BCUT2D eigenvalue weighted by atomic mass is 35.5. The van der Waals surface area contributed by atoms with Gasteiger partial charge in [0.2, 0.25) is 0 Å². The maximum Gasteiger partial charge on any atom is 0.0459 e. The molecule has 1 aromatic carbocycles. The zero-order valence-corrected chi connectivity index (χ0v) is 14.2. The van der Waals surface area contributed by atoms with Crippen LogP contribution in [0.3, 0.4) is 0 Å². The second kappa shape index (κ2) is 7.48. The Labute approximate surface area is 134 Å². The van der Waals surface area contributed by atoms with Gasteiger partial charge in [0.25, 0.3) is 0 Å². The van der Waals surface area contributed by atoms with E-state index in [1.54, 1.807) is 0 Å². The molecule has 0 radical (unpaired) electrons. The highest BCUT2D eigenvalue weighted by Crippen LogP contribution is 2.29. The first-order valence-corrected chi connectivity index (χ1v) is 8.31. The van der Waals surface area contributed by atoms with Gasteiger partial charge in [-0.15, -0.1) is 0 Å². The van der Waals surface area contributed by atoms with Gasteiger partial charge in [-0.25, -0.2) is 0 Å². The number of nitrogens with two attached hydrogens (primary N) is 1. The van der Waals surface area contributed by atoms with E-state index >= 15 is 0 Å². The molecule has 2 unspecified atom stereocenters. The summed E-state index contributed by atoms with van der Waals surface area (Å²) in [6.07, 6.45) is 3.10. The smallest absolute Gasteiger partial charge is 0.0459 e. The largest absolute Gasteiger partial charge is 0.374 e. The Bertz CT molecular complexity index is 463. The molecule has 0 aromatic heterocycles. The van der Waals surface area contributed by atoms with Crippen LogP contribution in [0.4, 0.5) is 5.69 Å². The van der Waals surface area contributed by atoms with Crippen LogP contribution >= 0.6 is 11.6 Å². The summed E-state index contributed by atoms with van der Waals surface area (Å²) in [6, 6.07) is 6.35. The van der Waals surface area contributed by atoms with Crippen LogP contribution < -0.4 is 10.6 Å². The van der Waals surface area contributed by atoms with Crippen molar-refractivity contribution in [3.05, 3.63) is 28.8 Å². The van der Waals surface area contributed by atoms with E-state index < -0.39 is 0 Å². The molecule has 3 nitrogen and oxygen atoms in total. The summed E-state index contributed by atoms with van der Waals surface area (Å²) in [5, 5.41) is 0.840. The molecule has 1 heterocycles. The number of halogens is 1. The highest BCUT2D eigenvalue weighted by Gasteiger charge is 2.22. The molecule has 2 rings (SSSR count). The van der Waals surface area contributed by atoms with Crippen molar-refractivity contribution in [3.8, 4) is 0 Å². The molecule has 118 valence electrons. The third kappa shape index (κ3) is 4.35. The Morgan fingerprint density at radius 1 is 1.48 bits per heavy atom. The van der Waals surface area contributed by atoms with Crippen LogP contribution in [0.1, 0.15) is 25.3 Å². The summed E-state index contributed by atoms with van der Waals surface area (Å²) in [7, 11) is 4.37. The number of anilines is 1. The molecule has 21 heavy (non-hydrogen) atoms. The van der Waals surface area contributed by atoms with Crippen molar-refractivity contribution >= 4 is 17.3 Å². The Hall–Kier alpha value is -0.770. The molecular formula is C17H28ClN3.